The van der Waals surface area contributed by atoms with Gasteiger partial charge in [-0.05, 0) is 71.8 Å². The first-order chi connectivity index (χ1) is 14.8. The summed E-state index contributed by atoms with van der Waals surface area (Å²) in [7, 11) is 0. The number of hydrogen-bond donors (Lipinski definition) is 0. The largest absolute Gasteiger partial charge is 0.377 e. The van der Waals surface area contributed by atoms with E-state index in [0.29, 0.717) is 5.02 Å². The van der Waals surface area contributed by atoms with E-state index in [1.165, 1.54) is 0 Å². The Morgan fingerprint density at radius 1 is 1.23 bits per heavy atom. The molecule has 1 aromatic heterocycles. The van der Waals surface area contributed by atoms with E-state index >= 15 is 0 Å². The average Bonchev–Trinajstić information content (AvgIpc) is 2.75. The number of halogens is 2. The van der Waals surface area contributed by atoms with Gasteiger partial charge < -0.3 is 4.90 Å². The molecule has 2 heterocycles. The van der Waals surface area contributed by atoms with E-state index in [4.69, 9.17) is 18.2 Å². The van der Waals surface area contributed by atoms with E-state index in [1.807, 2.05) is 36.4 Å². The summed E-state index contributed by atoms with van der Waals surface area (Å²) in [5, 5.41) is 1.41. The second kappa shape index (κ2) is 8.68. The molecule has 1 fully saturated rings. The number of piperidine rings is 1. The maximum absolute atomic E-state index is 13.8. The number of para-hydroxylation sites is 1. The molecule has 0 spiro atoms. The van der Waals surface area contributed by atoms with Crippen LogP contribution in [0.1, 0.15) is 51.5 Å². The lowest BCUT2D eigenvalue weighted by molar-refractivity contribution is 0.486. The number of benzene rings is 2. The van der Waals surface area contributed by atoms with Crippen LogP contribution in [0, 0.1) is 6.57 Å². The molecule has 0 aliphatic carbocycles. The van der Waals surface area contributed by atoms with E-state index in [2.05, 4.69) is 46.4 Å². The minimum atomic E-state index is -0.280. The van der Waals surface area contributed by atoms with Crippen LogP contribution in [-0.4, -0.2) is 17.2 Å². The third kappa shape index (κ3) is 3.77. The highest BCUT2D eigenvalue weighted by molar-refractivity contribution is 9.10. The zero-order valence-electron chi connectivity index (χ0n) is 18.0. The van der Waals surface area contributed by atoms with Crippen molar-refractivity contribution in [2.45, 2.75) is 52.0 Å². The number of fused-ring (bicyclic) bond motifs is 1. The molecule has 1 aliphatic rings. The van der Waals surface area contributed by atoms with Crippen LogP contribution < -0.4 is 10.5 Å². The number of pyridine rings is 1. The zero-order valence-corrected chi connectivity index (χ0v) is 20.3. The molecule has 0 N–H and O–H groups in total. The summed E-state index contributed by atoms with van der Waals surface area (Å²) in [6.45, 7) is 15.1. The fraction of sp³-hybridized carbons (Fsp3) is 0.360. The highest BCUT2D eigenvalue weighted by Gasteiger charge is 2.28. The van der Waals surface area contributed by atoms with Crippen molar-refractivity contribution in [1.82, 2.24) is 4.57 Å². The van der Waals surface area contributed by atoms with Crippen molar-refractivity contribution in [1.29, 1.82) is 0 Å². The number of nitrogens with zero attached hydrogens (tertiary/aromatic N) is 3. The summed E-state index contributed by atoms with van der Waals surface area (Å²) >= 11 is 10.1. The normalized spacial score (nSPS) is 16.7. The van der Waals surface area contributed by atoms with Gasteiger partial charge in [0, 0.05) is 22.4 Å². The van der Waals surface area contributed by atoms with Gasteiger partial charge >= 0.3 is 0 Å². The first-order valence-corrected chi connectivity index (χ1v) is 11.8. The Kier molecular flexibility index (Phi) is 6.14. The van der Waals surface area contributed by atoms with Gasteiger partial charge in [0.1, 0.15) is 0 Å². The number of rotatable bonds is 3. The first-order valence-electron chi connectivity index (χ1n) is 10.7. The van der Waals surface area contributed by atoms with E-state index < -0.39 is 0 Å². The van der Waals surface area contributed by atoms with Crippen molar-refractivity contribution in [3.05, 3.63) is 73.2 Å². The van der Waals surface area contributed by atoms with Crippen LogP contribution in [0.3, 0.4) is 0 Å². The summed E-state index contributed by atoms with van der Waals surface area (Å²) < 4.78 is 2.42. The molecule has 160 valence electrons. The van der Waals surface area contributed by atoms with Crippen LogP contribution in [0.2, 0.25) is 5.02 Å². The van der Waals surface area contributed by atoms with Gasteiger partial charge in [-0.2, -0.15) is 0 Å². The van der Waals surface area contributed by atoms with Gasteiger partial charge in [0.05, 0.1) is 28.5 Å². The summed E-state index contributed by atoms with van der Waals surface area (Å²) in [5.74, 6) is 0.229. The molecule has 31 heavy (non-hydrogen) atoms. The maximum atomic E-state index is 13.8. The van der Waals surface area contributed by atoms with E-state index in [0.717, 1.165) is 58.1 Å². The molecule has 4 rings (SSSR count). The van der Waals surface area contributed by atoms with Gasteiger partial charge in [0.2, 0.25) is 0 Å². The van der Waals surface area contributed by atoms with Crippen molar-refractivity contribution in [3.8, 4) is 5.69 Å². The first kappa shape index (κ1) is 21.9. The molecule has 2 aromatic carbocycles. The fourth-order valence-corrected chi connectivity index (χ4v) is 5.09. The lowest BCUT2D eigenvalue weighted by Crippen LogP contribution is -2.38. The molecule has 0 amide bonds. The topological polar surface area (TPSA) is 29.6 Å². The summed E-state index contributed by atoms with van der Waals surface area (Å²) in [5.41, 5.74) is 3.23. The van der Waals surface area contributed by atoms with E-state index in [1.54, 1.807) is 4.57 Å². The third-order valence-electron chi connectivity index (χ3n) is 6.17. The van der Waals surface area contributed by atoms with Gasteiger partial charge in [-0.1, -0.05) is 43.6 Å². The second-order valence-electron chi connectivity index (χ2n) is 8.48. The summed E-state index contributed by atoms with van der Waals surface area (Å²) in [6.07, 6.45) is 3.25. The lowest BCUT2D eigenvalue weighted by Gasteiger charge is -2.37. The molecule has 0 bridgehead atoms. The number of aromatic nitrogens is 1. The molecule has 0 radical (unpaired) electrons. The number of hydrogen-bond acceptors (Lipinski definition) is 2. The molecule has 0 saturated carbocycles. The standard InChI is InChI=1S/C25H25BrClN3O/c1-15(2)17-10-5-6-11-21(17)30-22-14-19(26)20(27)13-18(22)24(23(28-4)25(30)31)29-12-8-7-9-16(29)3/h5-6,10-11,13-16H,7-9,12H2,1-3H3/t16-/m0/s1. The molecular weight excluding hydrogens is 474 g/mol. The quantitative estimate of drug-likeness (QED) is 0.351. The predicted octanol–water partition coefficient (Wildman–Crippen LogP) is 7.46. The molecule has 1 saturated heterocycles. The molecule has 0 unspecified atom stereocenters. The molecule has 3 aromatic rings. The van der Waals surface area contributed by atoms with E-state index in [9.17, 15) is 4.79 Å². The van der Waals surface area contributed by atoms with Gasteiger partial charge in [0.25, 0.3) is 11.2 Å². The monoisotopic (exact) mass is 497 g/mol. The Bertz CT molecular complexity index is 1260. The highest BCUT2D eigenvalue weighted by Crippen LogP contribution is 2.41. The molecule has 1 aliphatic heterocycles. The minimum absolute atomic E-state index is 0.165. The lowest BCUT2D eigenvalue weighted by atomic mass is 9.99. The average molecular weight is 499 g/mol. The molecule has 1 atom stereocenters. The van der Waals surface area contributed by atoms with Crippen LogP contribution in [0.25, 0.3) is 21.4 Å². The smallest absolute Gasteiger partial charge is 0.274 e. The Morgan fingerprint density at radius 2 is 1.97 bits per heavy atom. The second-order valence-corrected chi connectivity index (χ2v) is 9.75. The Hall–Kier alpha value is -2.29. The summed E-state index contributed by atoms with van der Waals surface area (Å²) in [6, 6.07) is 12.0. The third-order valence-corrected chi connectivity index (χ3v) is 7.36. The van der Waals surface area contributed by atoms with Crippen molar-refractivity contribution in [2.24, 2.45) is 0 Å². The predicted molar refractivity (Wildman–Crippen MR) is 133 cm³/mol. The Labute approximate surface area is 196 Å². The van der Waals surface area contributed by atoms with Gasteiger partial charge in [-0.3, -0.25) is 9.36 Å². The van der Waals surface area contributed by atoms with Crippen LogP contribution in [0.5, 0.6) is 0 Å². The Balaban J connectivity index is 2.17. The maximum Gasteiger partial charge on any atom is 0.274 e. The van der Waals surface area contributed by atoms with Crippen molar-refractivity contribution < 1.29 is 0 Å². The van der Waals surface area contributed by atoms with Crippen molar-refractivity contribution >= 4 is 49.8 Å². The van der Waals surface area contributed by atoms with Crippen LogP contribution >= 0.6 is 27.5 Å². The van der Waals surface area contributed by atoms with Crippen LogP contribution in [0.15, 0.2) is 45.7 Å². The molecular formula is C25H25BrClN3O. The highest BCUT2D eigenvalue weighted by atomic mass is 79.9. The molecule has 4 nitrogen and oxygen atoms in total. The van der Waals surface area contributed by atoms with Gasteiger partial charge in [-0.25, -0.2) is 4.85 Å². The SMILES string of the molecule is [C-]#[N+]c1c(N2CCCC[C@@H]2C)c2cc(Cl)c(Br)cc2n(-c2ccccc2C(C)C)c1=O. The van der Waals surface area contributed by atoms with Crippen molar-refractivity contribution in [2.75, 3.05) is 11.4 Å². The number of anilines is 1. The van der Waals surface area contributed by atoms with Crippen LogP contribution in [0.4, 0.5) is 11.4 Å². The van der Waals surface area contributed by atoms with E-state index in [-0.39, 0.29) is 23.2 Å². The van der Waals surface area contributed by atoms with Crippen molar-refractivity contribution in [3.63, 3.8) is 0 Å². The summed E-state index contributed by atoms with van der Waals surface area (Å²) in [4.78, 5) is 19.8. The zero-order chi connectivity index (χ0) is 22.3. The molecule has 6 heteroatoms. The van der Waals surface area contributed by atoms with Crippen LogP contribution in [-0.2, 0) is 0 Å². The fourth-order valence-electron chi connectivity index (χ4n) is 4.60. The minimum Gasteiger partial charge on any atom is -0.377 e. The van der Waals surface area contributed by atoms with Gasteiger partial charge in [0.15, 0.2) is 0 Å². The van der Waals surface area contributed by atoms with Gasteiger partial charge in [-0.15, -0.1) is 0 Å². The Morgan fingerprint density at radius 3 is 2.65 bits per heavy atom.